The van der Waals surface area contributed by atoms with Gasteiger partial charge in [0.05, 0.1) is 12.2 Å². The van der Waals surface area contributed by atoms with E-state index in [0.717, 1.165) is 56.6 Å². The molecule has 0 spiro atoms. The van der Waals surface area contributed by atoms with Crippen LogP contribution in [0.5, 0.6) is 0 Å². The van der Waals surface area contributed by atoms with E-state index in [1.54, 1.807) is 6.07 Å². The summed E-state index contributed by atoms with van der Waals surface area (Å²) in [4.78, 5) is 17.1. The number of aromatic nitrogens is 1. The molecule has 3 heterocycles. The number of benzene rings is 1. The largest absolute Gasteiger partial charge is 0.478 e. The summed E-state index contributed by atoms with van der Waals surface area (Å²) in [5.41, 5.74) is 2.67. The van der Waals surface area contributed by atoms with Gasteiger partial charge in [0.25, 0.3) is 0 Å². The maximum atomic E-state index is 11.3. The Bertz CT molecular complexity index is 740. The van der Waals surface area contributed by atoms with Gasteiger partial charge in [0.2, 0.25) is 0 Å². The standard InChI is InChI=1S/C20H26N2O3/c23-20(24)16-3-4-19-17(10-16)18(11-21-19)15-5-7-22(8-6-15)12-14-2-1-9-25-13-14/h3-4,10-11,14-15,21H,1-2,5-9,12-13H2,(H,23,24). The van der Waals surface area contributed by atoms with Crippen LogP contribution in [0.1, 0.15) is 47.5 Å². The van der Waals surface area contributed by atoms with E-state index in [9.17, 15) is 9.90 Å². The zero-order chi connectivity index (χ0) is 17.2. The highest BCUT2D eigenvalue weighted by molar-refractivity contribution is 5.94. The molecule has 1 unspecified atom stereocenters. The van der Waals surface area contributed by atoms with Crippen molar-refractivity contribution < 1.29 is 14.6 Å². The molecule has 2 aliphatic heterocycles. The third-order valence-corrected chi connectivity index (χ3v) is 5.76. The average Bonchev–Trinajstić information content (AvgIpc) is 3.06. The molecule has 0 radical (unpaired) electrons. The second-order valence-corrected chi connectivity index (χ2v) is 7.47. The molecule has 2 aliphatic rings. The van der Waals surface area contributed by atoms with Crippen LogP contribution in [0.2, 0.25) is 0 Å². The molecule has 0 amide bonds. The molecule has 2 fully saturated rings. The van der Waals surface area contributed by atoms with Crippen molar-refractivity contribution in [2.45, 2.75) is 31.6 Å². The van der Waals surface area contributed by atoms with Gasteiger partial charge in [0.1, 0.15) is 0 Å². The molecule has 0 saturated carbocycles. The lowest BCUT2D eigenvalue weighted by molar-refractivity contribution is 0.0346. The van der Waals surface area contributed by atoms with Gasteiger partial charge in [0.15, 0.2) is 0 Å². The number of aromatic amines is 1. The summed E-state index contributed by atoms with van der Waals surface area (Å²) < 4.78 is 5.60. The summed E-state index contributed by atoms with van der Waals surface area (Å²) in [6.45, 7) is 5.24. The number of aromatic carboxylic acids is 1. The molecule has 5 heteroatoms. The fraction of sp³-hybridized carbons (Fsp3) is 0.550. The molecule has 2 N–H and O–H groups in total. The number of nitrogens with one attached hydrogen (secondary N) is 1. The predicted molar refractivity (Wildman–Crippen MR) is 97.2 cm³/mol. The van der Waals surface area contributed by atoms with Crippen molar-refractivity contribution >= 4 is 16.9 Å². The lowest BCUT2D eigenvalue weighted by Gasteiger charge is -2.35. The minimum atomic E-state index is -0.862. The number of H-pyrrole nitrogens is 1. The molecule has 1 aromatic carbocycles. The predicted octanol–water partition coefficient (Wildman–Crippen LogP) is 3.47. The Morgan fingerprint density at radius 1 is 1.28 bits per heavy atom. The fourth-order valence-corrected chi connectivity index (χ4v) is 4.36. The van der Waals surface area contributed by atoms with Crippen LogP contribution in [-0.2, 0) is 4.74 Å². The van der Waals surface area contributed by atoms with Crippen molar-refractivity contribution in [3.63, 3.8) is 0 Å². The van der Waals surface area contributed by atoms with Gasteiger partial charge in [-0.1, -0.05) is 0 Å². The van der Waals surface area contributed by atoms with E-state index in [2.05, 4.69) is 16.1 Å². The molecule has 25 heavy (non-hydrogen) atoms. The van der Waals surface area contributed by atoms with Crippen LogP contribution >= 0.6 is 0 Å². The van der Waals surface area contributed by atoms with Crippen LogP contribution in [0.15, 0.2) is 24.4 Å². The maximum Gasteiger partial charge on any atom is 0.335 e. The first-order chi connectivity index (χ1) is 12.2. The number of likely N-dealkylation sites (tertiary alicyclic amines) is 1. The summed E-state index contributed by atoms with van der Waals surface area (Å²) >= 11 is 0. The second kappa shape index (κ2) is 7.18. The number of rotatable bonds is 4. The average molecular weight is 342 g/mol. The number of nitrogens with zero attached hydrogens (tertiary/aromatic N) is 1. The quantitative estimate of drug-likeness (QED) is 0.893. The third-order valence-electron chi connectivity index (χ3n) is 5.76. The van der Waals surface area contributed by atoms with Gasteiger partial charge in [0, 0.05) is 30.3 Å². The van der Waals surface area contributed by atoms with E-state index < -0.39 is 5.97 Å². The third kappa shape index (κ3) is 3.58. The summed E-state index contributed by atoms with van der Waals surface area (Å²) in [6, 6.07) is 5.36. The number of piperidine rings is 1. The van der Waals surface area contributed by atoms with Crippen LogP contribution in [0.25, 0.3) is 10.9 Å². The molecule has 4 rings (SSSR count). The Hall–Kier alpha value is -1.85. The summed E-state index contributed by atoms with van der Waals surface area (Å²) in [5.74, 6) is 0.340. The Morgan fingerprint density at radius 3 is 2.84 bits per heavy atom. The van der Waals surface area contributed by atoms with Gasteiger partial charge < -0.3 is 19.7 Å². The van der Waals surface area contributed by atoms with Gasteiger partial charge in [-0.15, -0.1) is 0 Å². The smallest absolute Gasteiger partial charge is 0.335 e. The minimum Gasteiger partial charge on any atom is -0.478 e. The highest BCUT2D eigenvalue weighted by Crippen LogP contribution is 2.34. The molecular weight excluding hydrogens is 316 g/mol. The Morgan fingerprint density at radius 2 is 2.12 bits per heavy atom. The van der Waals surface area contributed by atoms with Crippen LogP contribution < -0.4 is 0 Å². The minimum absolute atomic E-state index is 0.364. The molecule has 2 aromatic rings. The SMILES string of the molecule is O=C(O)c1ccc2[nH]cc(C3CCN(CC4CCCOC4)CC3)c2c1. The van der Waals surface area contributed by atoms with E-state index in [4.69, 9.17) is 4.74 Å². The molecular formula is C20H26N2O3. The summed E-state index contributed by atoms with van der Waals surface area (Å²) in [5, 5.41) is 10.3. The van der Waals surface area contributed by atoms with Crippen LogP contribution in [0.3, 0.4) is 0 Å². The number of ether oxygens (including phenoxy) is 1. The Kier molecular flexibility index (Phi) is 4.77. The number of hydrogen-bond donors (Lipinski definition) is 2. The molecule has 0 aliphatic carbocycles. The van der Waals surface area contributed by atoms with Gasteiger partial charge in [-0.2, -0.15) is 0 Å². The van der Waals surface area contributed by atoms with E-state index in [0.29, 0.717) is 17.4 Å². The van der Waals surface area contributed by atoms with Crippen molar-refractivity contribution in [1.82, 2.24) is 9.88 Å². The number of carboxylic acids is 1. The van der Waals surface area contributed by atoms with Crippen LogP contribution in [0, 0.1) is 5.92 Å². The van der Waals surface area contributed by atoms with E-state index in [1.165, 1.54) is 18.4 Å². The van der Waals surface area contributed by atoms with Crippen LogP contribution in [0.4, 0.5) is 0 Å². The summed E-state index contributed by atoms with van der Waals surface area (Å²) in [7, 11) is 0. The Labute approximate surface area is 148 Å². The topological polar surface area (TPSA) is 65.6 Å². The second-order valence-electron chi connectivity index (χ2n) is 7.47. The number of hydrogen-bond acceptors (Lipinski definition) is 3. The van der Waals surface area contributed by atoms with Gasteiger partial charge in [-0.25, -0.2) is 4.79 Å². The van der Waals surface area contributed by atoms with E-state index in [1.807, 2.05) is 12.1 Å². The molecule has 0 bridgehead atoms. The van der Waals surface area contributed by atoms with E-state index in [-0.39, 0.29) is 0 Å². The number of carboxylic acid groups (broad SMARTS) is 1. The Balaban J connectivity index is 1.42. The van der Waals surface area contributed by atoms with Crippen molar-refractivity contribution in [2.24, 2.45) is 5.92 Å². The molecule has 2 saturated heterocycles. The zero-order valence-corrected chi connectivity index (χ0v) is 14.5. The summed E-state index contributed by atoms with van der Waals surface area (Å²) in [6.07, 6.45) is 6.84. The normalized spacial score (nSPS) is 23.1. The first-order valence-corrected chi connectivity index (χ1v) is 9.35. The lowest BCUT2D eigenvalue weighted by Crippen LogP contribution is -2.38. The fourth-order valence-electron chi connectivity index (χ4n) is 4.36. The first kappa shape index (κ1) is 16.6. The van der Waals surface area contributed by atoms with Crippen LogP contribution in [-0.4, -0.2) is 53.8 Å². The van der Waals surface area contributed by atoms with Gasteiger partial charge >= 0.3 is 5.97 Å². The van der Waals surface area contributed by atoms with Crippen molar-refractivity contribution in [3.8, 4) is 0 Å². The number of fused-ring (bicyclic) bond motifs is 1. The lowest BCUT2D eigenvalue weighted by atomic mass is 9.88. The van der Waals surface area contributed by atoms with Crippen molar-refractivity contribution in [2.75, 3.05) is 32.8 Å². The highest BCUT2D eigenvalue weighted by atomic mass is 16.5. The van der Waals surface area contributed by atoms with Gasteiger partial charge in [-0.05, 0) is 74.4 Å². The van der Waals surface area contributed by atoms with Crippen molar-refractivity contribution in [1.29, 1.82) is 0 Å². The molecule has 1 atom stereocenters. The monoisotopic (exact) mass is 342 g/mol. The van der Waals surface area contributed by atoms with E-state index >= 15 is 0 Å². The maximum absolute atomic E-state index is 11.3. The first-order valence-electron chi connectivity index (χ1n) is 9.35. The highest BCUT2D eigenvalue weighted by Gasteiger charge is 2.25. The molecule has 5 nitrogen and oxygen atoms in total. The number of carbonyl (C=O) groups is 1. The molecule has 1 aromatic heterocycles. The zero-order valence-electron chi connectivity index (χ0n) is 14.5. The molecule has 134 valence electrons. The van der Waals surface area contributed by atoms with Gasteiger partial charge in [-0.3, -0.25) is 0 Å². The van der Waals surface area contributed by atoms with Crippen molar-refractivity contribution in [3.05, 3.63) is 35.5 Å².